The van der Waals surface area contributed by atoms with Gasteiger partial charge in [0.15, 0.2) is 11.5 Å². The number of hydrogen-bond donors (Lipinski definition) is 0. The second-order valence-corrected chi connectivity index (χ2v) is 6.73. The van der Waals surface area contributed by atoms with Crippen molar-refractivity contribution in [2.75, 3.05) is 20.8 Å². The third-order valence-corrected chi connectivity index (χ3v) is 5.92. The number of rotatable bonds is 2. The van der Waals surface area contributed by atoms with E-state index in [0.717, 1.165) is 37.3 Å². The fourth-order valence-electron chi connectivity index (χ4n) is 4.99. The zero-order chi connectivity index (χ0) is 15.3. The molecular weight excluding hydrogens is 278 g/mol. The number of benzene rings is 1. The lowest BCUT2D eigenvalue weighted by Gasteiger charge is -2.49. The Balaban J connectivity index is 1.91. The Labute approximate surface area is 131 Å². The van der Waals surface area contributed by atoms with Crippen molar-refractivity contribution in [3.05, 3.63) is 23.3 Å². The van der Waals surface area contributed by atoms with Crippen LogP contribution in [0.25, 0.3) is 0 Å². The molecule has 0 bridgehead atoms. The van der Waals surface area contributed by atoms with Crippen LogP contribution in [0.15, 0.2) is 12.1 Å². The summed E-state index contributed by atoms with van der Waals surface area (Å²) in [6, 6.07) is 4.26. The Morgan fingerprint density at radius 3 is 2.73 bits per heavy atom. The summed E-state index contributed by atoms with van der Waals surface area (Å²) in [7, 11) is 3.36. The van der Waals surface area contributed by atoms with Gasteiger partial charge in [-0.05, 0) is 48.4 Å². The zero-order valence-electron chi connectivity index (χ0n) is 13.4. The fraction of sp³-hybridized carbons (Fsp3) is 0.611. The molecule has 1 aliphatic carbocycles. The Bertz CT molecular complexity index is 627. The first-order chi connectivity index (χ1) is 10.7. The maximum atomic E-state index is 12.5. The molecule has 0 radical (unpaired) electrons. The molecule has 0 N–H and O–H groups in total. The molecule has 3 aliphatic rings. The van der Waals surface area contributed by atoms with E-state index in [-0.39, 0.29) is 5.54 Å². The van der Waals surface area contributed by atoms with Gasteiger partial charge in [-0.3, -0.25) is 4.79 Å². The number of amides is 1. The van der Waals surface area contributed by atoms with Gasteiger partial charge in [0.05, 0.1) is 19.8 Å². The van der Waals surface area contributed by atoms with E-state index in [2.05, 4.69) is 17.0 Å². The zero-order valence-corrected chi connectivity index (χ0v) is 13.4. The molecule has 22 heavy (non-hydrogen) atoms. The van der Waals surface area contributed by atoms with Gasteiger partial charge in [0.1, 0.15) is 0 Å². The van der Waals surface area contributed by atoms with Crippen molar-refractivity contribution in [1.29, 1.82) is 0 Å². The van der Waals surface area contributed by atoms with E-state index in [9.17, 15) is 4.79 Å². The van der Waals surface area contributed by atoms with Crippen molar-refractivity contribution < 1.29 is 14.3 Å². The minimum Gasteiger partial charge on any atom is -0.493 e. The van der Waals surface area contributed by atoms with Crippen molar-refractivity contribution in [2.45, 2.75) is 44.1 Å². The maximum absolute atomic E-state index is 12.5. The maximum Gasteiger partial charge on any atom is 0.223 e. The molecule has 1 saturated heterocycles. The van der Waals surface area contributed by atoms with E-state index in [1.165, 1.54) is 24.0 Å². The minimum atomic E-state index is -0.0809. The molecule has 1 spiro atoms. The second kappa shape index (κ2) is 4.90. The van der Waals surface area contributed by atoms with Gasteiger partial charge in [0.25, 0.3) is 0 Å². The molecule has 2 fully saturated rings. The van der Waals surface area contributed by atoms with Gasteiger partial charge in [0.2, 0.25) is 5.91 Å². The molecule has 0 unspecified atom stereocenters. The van der Waals surface area contributed by atoms with Gasteiger partial charge in [0, 0.05) is 13.0 Å². The lowest BCUT2D eigenvalue weighted by atomic mass is 9.66. The molecule has 0 aromatic heterocycles. The Morgan fingerprint density at radius 1 is 1.18 bits per heavy atom. The smallest absolute Gasteiger partial charge is 0.223 e. The van der Waals surface area contributed by atoms with Crippen molar-refractivity contribution >= 4 is 5.91 Å². The molecule has 4 rings (SSSR count). The van der Waals surface area contributed by atoms with Crippen molar-refractivity contribution in [2.24, 2.45) is 5.92 Å². The van der Waals surface area contributed by atoms with Crippen LogP contribution >= 0.6 is 0 Å². The highest BCUT2D eigenvalue weighted by Crippen LogP contribution is 2.56. The molecule has 2 heterocycles. The van der Waals surface area contributed by atoms with E-state index < -0.39 is 0 Å². The van der Waals surface area contributed by atoms with Crippen LogP contribution in [-0.2, 0) is 16.8 Å². The molecule has 1 saturated carbocycles. The van der Waals surface area contributed by atoms with Gasteiger partial charge in [-0.25, -0.2) is 0 Å². The summed E-state index contributed by atoms with van der Waals surface area (Å²) < 4.78 is 11.0. The number of fused-ring (bicyclic) bond motifs is 1. The molecule has 2 aliphatic heterocycles. The Morgan fingerprint density at radius 2 is 1.95 bits per heavy atom. The summed E-state index contributed by atoms with van der Waals surface area (Å²) in [4.78, 5) is 14.7. The standard InChI is InChI=1S/C18H23NO3/c1-21-15-9-12-6-8-19-17(20)10-13-5-3-4-7-18(13,19)14(12)11-16(15)22-2/h9,11,13H,3-8,10H2,1-2H3/t13-,18+/m1/s1. The van der Waals surface area contributed by atoms with E-state index in [0.29, 0.717) is 18.2 Å². The van der Waals surface area contributed by atoms with Gasteiger partial charge >= 0.3 is 0 Å². The summed E-state index contributed by atoms with van der Waals surface area (Å²) in [5, 5.41) is 0. The SMILES string of the molecule is COc1cc2c(cc1OC)[C@]13CCCC[C@@H]1CC(=O)N3CC2. The number of nitrogens with zero attached hydrogens (tertiary/aromatic N) is 1. The Hall–Kier alpha value is -1.71. The van der Waals surface area contributed by atoms with Gasteiger partial charge < -0.3 is 14.4 Å². The summed E-state index contributed by atoms with van der Waals surface area (Å²) in [6.45, 7) is 0.845. The topological polar surface area (TPSA) is 38.8 Å². The lowest BCUT2D eigenvalue weighted by Crippen LogP contribution is -2.52. The molecule has 4 nitrogen and oxygen atoms in total. The second-order valence-electron chi connectivity index (χ2n) is 6.73. The van der Waals surface area contributed by atoms with Gasteiger partial charge in [-0.1, -0.05) is 12.8 Å². The summed E-state index contributed by atoms with van der Waals surface area (Å²) in [5.41, 5.74) is 2.56. The van der Waals surface area contributed by atoms with Crippen LogP contribution in [0.2, 0.25) is 0 Å². The molecule has 1 amide bonds. The third-order valence-electron chi connectivity index (χ3n) is 5.92. The van der Waals surface area contributed by atoms with E-state index in [4.69, 9.17) is 9.47 Å². The lowest BCUT2D eigenvalue weighted by molar-refractivity contribution is -0.132. The van der Waals surface area contributed by atoms with Crippen LogP contribution in [0.1, 0.15) is 43.2 Å². The van der Waals surface area contributed by atoms with Gasteiger partial charge in [-0.2, -0.15) is 0 Å². The molecule has 4 heteroatoms. The van der Waals surface area contributed by atoms with Crippen LogP contribution in [-0.4, -0.2) is 31.6 Å². The van der Waals surface area contributed by atoms with E-state index in [1.807, 2.05) is 0 Å². The molecule has 118 valence electrons. The normalized spacial score (nSPS) is 29.6. The predicted molar refractivity (Wildman–Crippen MR) is 83.2 cm³/mol. The molecular formula is C18H23NO3. The number of carbonyl (C=O) groups is 1. The highest BCUT2D eigenvalue weighted by molar-refractivity contribution is 5.81. The Kier molecular flexibility index (Phi) is 3.10. The van der Waals surface area contributed by atoms with Gasteiger partial charge in [-0.15, -0.1) is 0 Å². The number of ether oxygens (including phenoxy) is 2. The minimum absolute atomic E-state index is 0.0809. The molecule has 1 aromatic carbocycles. The number of carbonyl (C=O) groups excluding carboxylic acids is 1. The summed E-state index contributed by atoms with van der Waals surface area (Å²) >= 11 is 0. The van der Waals surface area contributed by atoms with Crippen LogP contribution in [0.5, 0.6) is 11.5 Å². The van der Waals surface area contributed by atoms with Crippen molar-refractivity contribution in [3.63, 3.8) is 0 Å². The molecule has 2 atom stereocenters. The fourth-order valence-corrected chi connectivity index (χ4v) is 4.99. The van der Waals surface area contributed by atoms with E-state index in [1.54, 1.807) is 14.2 Å². The average Bonchev–Trinajstić information content (AvgIpc) is 2.86. The molecule has 1 aromatic rings. The van der Waals surface area contributed by atoms with Crippen molar-refractivity contribution in [1.82, 2.24) is 4.90 Å². The quantitative estimate of drug-likeness (QED) is 0.843. The summed E-state index contributed by atoms with van der Waals surface area (Å²) in [6.07, 6.45) is 6.33. The van der Waals surface area contributed by atoms with Crippen LogP contribution in [0.3, 0.4) is 0 Å². The first-order valence-electron chi connectivity index (χ1n) is 8.26. The average molecular weight is 301 g/mol. The van der Waals surface area contributed by atoms with Crippen LogP contribution in [0.4, 0.5) is 0 Å². The van der Waals surface area contributed by atoms with E-state index >= 15 is 0 Å². The number of methoxy groups -OCH3 is 2. The predicted octanol–water partition coefficient (Wildman–Crippen LogP) is 2.88. The first kappa shape index (κ1) is 13.9. The van der Waals surface area contributed by atoms with Crippen LogP contribution < -0.4 is 9.47 Å². The first-order valence-corrected chi connectivity index (χ1v) is 8.26. The monoisotopic (exact) mass is 301 g/mol. The third kappa shape index (κ3) is 1.67. The van der Waals surface area contributed by atoms with Crippen LogP contribution in [0, 0.1) is 5.92 Å². The highest BCUT2D eigenvalue weighted by atomic mass is 16.5. The highest BCUT2D eigenvalue weighted by Gasteiger charge is 2.56. The number of hydrogen-bond acceptors (Lipinski definition) is 3. The largest absolute Gasteiger partial charge is 0.493 e. The van der Waals surface area contributed by atoms with Crippen molar-refractivity contribution in [3.8, 4) is 11.5 Å². The summed E-state index contributed by atoms with van der Waals surface area (Å²) in [5.74, 6) is 2.38.